The molecule has 3 nitrogen and oxygen atoms in total. The van der Waals surface area contributed by atoms with Crippen molar-refractivity contribution in [1.29, 1.82) is 0 Å². The number of hydrogen-bond donors (Lipinski definition) is 0. The molecule has 1 fully saturated rings. The number of amides is 1. The van der Waals surface area contributed by atoms with Gasteiger partial charge in [-0.05, 0) is 62.2 Å². The number of thiophene rings is 1. The van der Waals surface area contributed by atoms with Crippen LogP contribution < -0.4 is 4.90 Å². The van der Waals surface area contributed by atoms with E-state index in [0.29, 0.717) is 6.54 Å². The summed E-state index contributed by atoms with van der Waals surface area (Å²) in [4.78, 5) is 21.0. The van der Waals surface area contributed by atoms with E-state index >= 15 is 0 Å². The molecule has 148 valence electrons. The van der Waals surface area contributed by atoms with Gasteiger partial charge in [0.2, 0.25) is 5.91 Å². The van der Waals surface area contributed by atoms with Crippen molar-refractivity contribution in [2.24, 2.45) is 0 Å². The van der Waals surface area contributed by atoms with Gasteiger partial charge < -0.3 is 4.90 Å². The highest BCUT2D eigenvalue weighted by Crippen LogP contribution is 2.48. The van der Waals surface area contributed by atoms with E-state index in [1.807, 2.05) is 34.4 Å². The molecular weight excluding hydrogens is 376 g/mol. The van der Waals surface area contributed by atoms with E-state index in [9.17, 15) is 4.79 Å². The summed E-state index contributed by atoms with van der Waals surface area (Å²) in [5, 5.41) is 0. The highest BCUT2D eigenvalue weighted by Gasteiger charge is 2.51. The van der Waals surface area contributed by atoms with E-state index in [1.54, 1.807) is 0 Å². The molecule has 5 rings (SSSR count). The molecule has 2 aliphatic heterocycles. The molecule has 0 aliphatic carbocycles. The number of piperidine rings is 1. The third-order valence-electron chi connectivity index (χ3n) is 6.43. The van der Waals surface area contributed by atoms with E-state index in [1.165, 1.54) is 20.9 Å². The first kappa shape index (κ1) is 18.6. The predicted octanol–water partition coefficient (Wildman–Crippen LogP) is 5.14. The second-order valence-corrected chi connectivity index (χ2v) is 9.64. The van der Waals surface area contributed by atoms with Gasteiger partial charge in [0.25, 0.3) is 0 Å². The van der Waals surface area contributed by atoms with Gasteiger partial charge in [-0.1, -0.05) is 48.5 Å². The molecule has 1 spiro atoms. The van der Waals surface area contributed by atoms with Crippen molar-refractivity contribution in [3.63, 3.8) is 0 Å². The van der Waals surface area contributed by atoms with Gasteiger partial charge in [0, 0.05) is 22.0 Å². The lowest BCUT2D eigenvalue weighted by molar-refractivity contribution is -0.125. The van der Waals surface area contributed by atoms with Crippen molar-refractivity contribution in [1.82, 2.24) is 4.90 Å². The van der Waals surface area contributed by atoms with Crippen LogP contribution in [-0.4, -0.2) is 23.9 Å². The maximum Gasteiger partial charge on any atom is 0.238 e. The van der Waals surface area contributed by atoms with Crippen LogP contribution in [0.1, 0.15) is 33.7 Å². The first-order chi connectivity index (χ1) is 14.2. The van der Waals surface area contributed by atoms with Gasteiger partial charge in [-0.2, -0.15) is 0 Å². The second kappa shape index (κ2) is 7.43. The monoisotopic (exact) mass is 402 g/mol. The lowest BCUT2D eigenvalue weighted by atomic mass is 9.73. The summed E-state index contributed by atoms with van der Waals surface area (Å²) >= 11 is 1.88. The molecule has 0 radical (unpaired) electrons. The van der Waals surface area contributed by atoms with Crippen LogP contribution in [0.15, 0.2) is 66.7 Å². The van der Waals surface area contributed by atoms with Gasteiger partial charge in [0.15, 0.2) is 0 Å². The fourth-order valence-electron chi connectivity index (χ4n) is 4.89. The first-order valence-electron chi connectivity index (χ1n) is 10.4. The molecule has 0 bridgehead atoms. The third kappa shape index (κ3) is 3.30. The molecule has 3 heterocycles. The fourth-order valence-corrected chi connectivity index (χ4v) is 5.82. The van der Waals surface area contributed by atoms with Gasteiger partial charge in [-0.15, -0.1) is 11.3 Å². The lowest BCUT2D eigenvalue weighted by Crippen LogP contribution is -2.48. The Balaban J connectivity index is 1.38. The van der Waals surface area contributed by atoms with Crippen LogP contribution in [0.25, 0.3) is 0 Å². The summed E-state index contributed by atoms with van der Waals surface area (Å²) in [7, 11) is 0. The second-order valence-electron chi connectivity index (χ2n) is 8.26. The number of likely N-dealkylation sites (tertiary alicyclic amines) is 1. The topological polar surface area (TPSA) is 23.6 Å². The summed E-state index contributed by atoms with van der Waals surface area (Å²) in [6, 6.07) is 23.2. The molecule has 3 aromatic rings. The van der Waals surface area contributed by atoms with Crippen LogP contribution in [0.2, 0.25) is 0 Å². The highest BCUT2D eigenvalue weighted by atomic mass is 32.1. The zero-order chi connectivity index (χ0) is 19.8. The Kier molecular flexibility index (Phi) is 4.76. The number of nitrogens with zero attached hydrogens (tertiary/aromatic N) is 2. The molecule has 1 amide bonds. The Morgan fingerprint density at radius 1 is 0.897 bits per heavy atom. The van der Waals surface area contributed by atoms with Gasteiger partial charge in [-0.3, -0.25) is 9.69 Å². The Hall–Kier alpha value is -2.43. The van der Waals surface area contributed by atoms with E-state index in [-0.39, 0.29) is 11.3 Å². The van der Waals surface area contributed by atoms with Crippen molar-refractivity contribution in [3.8, 4) is 0 Å². The smallest absolute Gasteiger partial charge is 0.238 e. The SMILES string of the molecule is Cc1ccc(CN2CCC3(CC2)C(=O)N(Cc2ccccc2)c2ccccc23)s1. The zero-order valence-corrected chi connectivity index (χ0v) is 17.6. The molecule has 0 N–H and O–H groups in total. The first-order valence-corrected chi connectivity index (χ1v) is 11.2. The van der Waals surface area contributed by atoms with Crippen molar-refractivity contribution in [2.75, 3.05) is 18.0 Å². The lowest BCUT2D eigenvalue weighted by Gasteiger charge is -2.38. The minimum Gasteiger partial charge on any atom is -0.307 e. The summed E-state index contributed by atoms with van der Waals surface area (Å²) in [5.74, 6) is 0.286. The fraction of sp³-hybridized carbons (Fsp3) is 0.320. The molecule has 2 aromatic carbocycles. The molecule has 0 saturated carbocycles. The molecule has 0 unspecified atom stereocenters. The van der Waals surface area contributed by atoms with E-state index in [0.717, 1.165) is 38.2 Å². The number of benzene rings is 2. The van der Waals surface area contributed by atoms with Crippen molar-refractivity contribution in [3.05, 3.63) is 87.6 Å². The maximum atomic E-state index is 13.7. The summed E-state index contributed by atoms with van der Waals surface area (Å²) in [6.07, 6.45) is 1.80. The van der Waals surface area contributed by atoms with Crippen LogP contribution in [0.5, 0.6) is 0 Å². The summed E-state index contributed by atoms with van der Waals surface area (Å²) < 4.78 is 0. The molecular formula is C25H26N2OS. The van der Waals surface area contributed by atoms with Crippen molar-refractivity contribution >= 4 is 22.9 Å². The van der Waals surface area contributed by atoms with Crippen LogP contribution in [0, 0.1) is 6.92 Å². The normalized spacial score (nSPS) is 18.4. The van der Waals surface area contributed by atoms with Gasteiger partial charge in [0.05, 0.1) is 12.0 Å². The number of fused-ring (bicyclic) bond motifs is 2. The van der Waals surface area contributed by atoms with E-state index in [2.05, 4.69) is 60.4 Å². The Morgan fingerprint density at radius 2 is 1.62 bits per heavy atom. The average molecular weight is 403 g/mol. The number of carbonyl (C=O) groups is 1. The standard InChI is InChI=1S/C25H26N2OS/c1-19-11-12-21(29-19)18-26-15-13-25(14-16-26)22-9-5-6-10-23(22)27(24(25)28)17-20-7-3-2-4-8-20/h2-12H,13-18H2,1H3. The van der Waals surface area contributed by atoms with Gasteiger partial charge in [0.1, 0.15) is 0 Å². The van der Waals surface area contributed by atoms with Crippen molar-refractivity contribution in [2.45, 2.75) is 38.3 Å². The minimum atomic E-state index is -0.354. The number of aryl methyl sites for hydroxylation is 1. The molecule has 2 aliphatic rings. The van der Waals surface area contributed by atoms with Gasteiger partial charge in [-0.25, -0.2) is 0 Å². The molecule has 0 atom stereocenters. The molecule has 29 heavy (non-hydrogen) atoms. The summed E-state index contributed by atoms with van der Waals surface area (Å²) in [6.45, 7) is 5.75. The van der Waals surface area contributed by atoms with Crippen LogP contribution >= 0.6 is 11.3 Å². The maximum absolute atomic E-state index is 13.7. The number of carbonyl (C=O) groups excluding carboxylic acids is 1. The van der Waals surface area contributed by atoms with Crippen LogP contribution in [-0.2, 0) is 23.3 Å². The average Bonchev–Trinajstić information content (AvgIpc) is 3.26. The number of rotatable bonds is 4. The zero-order valence-electron chi connectivity index (χ0n) is 16.8. The van der Waals surface area contributed by atoms with Crippen molar-refractivity contribution < 1.29 is 4.79 Å². The number of anilines is 1. The Labute approximate surface area is 176 Å². The van der Waals surface area contributed by atoms with Gasteiger partial charge >= 0.3 is 0 Å². The minimum absolute atomic E-state index is 0.286. The summed E-state index contributed by atoms with van der Waals surface area (Å²) in [5.41, 5.74) is 3.15. The number of hydrogen-bond acceptors (Lipinski definition) is 3. The molecule has 1 saturated heterocycles. The Bertz CT molecular complexity index is 1020. The third-order valence-corrected chi connectivity index (χ3v) is 7.42. The predicted molar refractivity (Wildman–Crippen MR) is 119 cm³/mol. The number of para-hydroxylation sites is 1. The van der Waals surface area contributed by atoms with E-state index in [4.69, 9.17) is 0 Å². The van der Waals surface area contributed by atoms with E-state index < -0.39 is 0 Å². The van der Waals surface area contributed by atoms with Crippen LogP contribution in [0.3, 0.4) is 0 Å². The highest BCUT2D eigenvalue weighted by molar-refractivity contribution is 7.11. The largest absolute Gasteiger partial charge is 0.307 e. The molecule has 4 heteroatoms. The van der Waals surface area contributed by atoms with Crippen LogP contribution in [0.4, 0.5) is 5.69 Å². The molecule has 1 aromatic heterocycles. The quantitative estimate of drug-likeness (QED) is 0.603. The Morgan fingerprint density at radius 3 is 2.34 bits per heavy atom.